The van der Waals surface area contributed by atoms with E-state index in [1.165, 1.54) is 5.56 Å². The second-order valence-electron chi connectivity index (χ2n) is 7.85. The predicted octanol–water partition coefficient (Wildman–Crippen LogP) is 3.20. The fraction of sp³-hybridized carbons (Fsp3) is 0.571. The van der Waals surface area contributed by atoms with Crippen molar-refractivity contribution in [2.24, 2.45) is 5.92 Å². The van der Waals surface area contributed by atoms with Gasteiger partial charge in [0.1, 0.15) is 5.92 Å². The second kappa shape index (κ2) is 8.97. The highest BCUT2D eigenvalue weighted by atomic mass is 19.4. The van der Waals surface area contributed by atoms with Gasteiger partial charge in [0.05, 0.1) is 0 Å². The molecule has 2 aliphatic rings. The minimum atomic E-state index is -4.30. The number of rotatable bonds is 6. The first-order chi connectivity index (χ1) is 13.7. The molecule has 0 radical (unpaired) electrons. The van der Waals surface area contributed by atoms with Gasteiger partial charge in [-0.25, -0.2) is 0 Å². The lowest BCUT2D eigenvalue weighted by Gasteiger charge is -2.30. The monoisotopic (exact) mass is 410 g/mol. The number of carbonyl (C=O) groups is 3. The normalized spacial score (nSPS) is 25.3. The zero-order valence-electron chi connectivity index (χ0n) is 16.1. The van der Waals surface area contributed by atoms with Gasteiger partial charge >= 0.3 is 6.18 Å². The van der Waals surface area contributed by atoms with E-state index in [2.05, 4.69) is 17.4 Å². The standard InChI is InChI=1S/C21H25F3N2O3/c22-21(23,24)11-4-12-26-13-17(18(27)20(26)29)19(28)25-16-9-7-15(8-10-16)14-5-2-1-3-6-14/h1-3,5-6,15-17H,4,7-13H2,(H,25,28). The Kier molecular flexibility index (Phi) is 6.59. The number of carbonyl (C=O) groups excluding carboxylic acids is 3. The molecule has 0 spiro atoms. The van der Waals surface area contributed by atoms with E-state index >= 15 is 0 Å². The Bertz CT molecular complexity index is 743. The minimum Gasteiger partial charge on any atom is -0.353 e. The van der Waals surface area contributed by atoms with E-state index in [9.17, 15) is 27.6 Å². The SMILES string of the molecule is O=C(NC1CCC(c2ccccc2)CC1)C1CN(CCCC(F)(F)F)C(=O)C1=O. The van der Waals surface area contributed by atoms with E-state index in [-0.39, 0.29) is 25.6 Å². The number of alkyl halides is 3. The molecular formula is C21H25F3N2O3. The van der Waals surface area contributed by atoms with Crippen LogP contribution in [0.2, 0.25) is 0 Å². The summed E-state index contributed by atoms with van der Waals surface area (Å²) in [7, 11) is 0. The summed E-state index contributed by atoms with van der Waals surface area (Å²) in [6.07, 6.45) is -2.17. The number of hydrogen-bond donors (Lipinski definition) is 1. The molecule has 1 aromatic rings. The van der Waals surface area contributed by atoms with Crippen LogP contribution in [0.25, 0.3) is 0 Å². The van der Waals surface area contributed by atoms with Crippen LogP contribution < -0.4 is 5.32 Å². The van der Waals surface area contributed by atoms with Gasteiger partial charge < -0.3 is 10.2 Å². The highest BCUT2D eigenvalue weighted by molar-refractivity contribution is 6.42. The van der Waals surface area contributed by atoms with Gasteiger partial charge in [-0.1, -0.05) is 30.3 Å². The Morgan fingerprint density at radius 3 is 2.34 bits per heavy atom. The fourth-order valence-corrected chi connectivity index (χ4v) is 4.15. The maximum Gasteiger partial charge on any atom is 0.389 e. The number of ketones is 1. The van der Waals surface area contributed by atoms with E-state index in [0.717, 1.165) is 30.6 Å². The van der Waals surface area contributed by atoms with Crippen molar-refractivity contribution in [3.63, 3.8) is 0 Å². The van der Waals surface area contributed by atoms with E-state index in [0.29, 0.717) is 5.92 Å². The van der Waals surface area contributed by atoms with Crippen LogP contribution in [0.4, 0.5) is 13.2 Å². The van der Waals surface area contributed by atoms with Crippen molar-refractivity contribution in [2.45, 2.75) is 56.7 Å². The fourth-order valence-electron chi connectivity index (χ4n) is 4.15. The van der Waals surface area contributed by atoms with Gasteiger partial charge in [-0.3, -0.25) is 14.4 Å². The summed E-state index contributed by atoms with van der Waals surface area (Å²) in [5.41, 5.74) is 1.28. The molecule has 8 heteroatoms. The third-order valence-electron chi connectivity index (χ3n) is 5.77. The van der Waals surface area contributed by atoms with Gasteiger partial charge in [-0.05, 0) is 43.6 Å². The van der Waals surface area contributed by atoms with Crippen LogP contribution in [0.5, 0.6) is 0 Å². The highest BCUT2D eigenvalue weighted by Crippen LogP contribution is 2.33. The van der Waals surface area contributed by atoms with E-state index < -0.39 is 36.1 Å². The van der Waals surface area contributed by atoms with Crippen molar-refractivity contribution < 1.29 is 27.6 Å². The van der Waals surface area contributed by atoms with Gasteiger partial charge in [0.25, 0.3) is 5.91 Å². The number of nitrogens with zero attached hydrogens (tertiary/aromatic N) is 1. The molecule has 5 nitrogen and oxygen atoms in total. The van der Waals surface area contributed by atoms with Crippen LogP contribution in [-0.4, -0.2) is 47.8 Å². The Hall–Kier alpha value is -2.38. The number of halogens is 3. The summed E-state index contributed by atoms with van der Waals surface area (Å²) in [5.74, 6) is -2.86. The van der Waals surface area contributed by atoms with Gasteiger partial charge in [0.2, 0.25) is 11.7 Å². The molecular weight excluding hydrogens is 385 g/mol. The van der Waals surface area contributed by atoms with Crippen LogP contribution in [-0.2, 0) is 14.4 Å². The van der Waals surface area contributed by atoms with Crippen LogP contribution in [0.15, 0.2) is 30.3 Å². The Labute approximate surface area is 167 Å². The molecule has 1 saturated carbocycles. The molecule has 1 unspecified atom stereocenters. The summed E-state index contributed by atoms with van der Waals surface area (Å²) in [5, 5.41) is 2.87. The molecule has 1 heterocycles. The number of likely N-dealkylation sites (tertiary alicyclic amines) is 1. The maximum absolute atomic E-state index is 12.5. The van der Waals surface area contributed by atoms with Crippen LogP contribution in [0.3, 0.4) is 0 Å². The Morgan fingerprint density at radius 2 is 1.72 bits per heavy atom. The zero-order chi connectivity index (χ0) is 21.0. The largest absolute Gasteiger partial charge is 0.389 e. The molecule has 1 aliphatic carbocycles. The van der Waals surface area contributed by atoms with Crippen molar-refractivity contribution >= 4 is 17.6 Å². The Morgan fingerprint density at radius 1 is 1.07 bits per heavy atom. The molecule has 1 saturated heterocycles. The maximum atomic E-state index is 12.5. The van der Waals surface area contributed by atoms with Crippen molar-refractivity contribution in [1.29, 1.82) is 0 Å². The molecule has 2 fully saturated rings. The lowest BCUT2D eigenvalue weighted by molar-refractivity contribution is -0.144. The number of benzene rings is 1. The van der Waals surface area contributed by atoms with Crippen LogP contribution in [0.1, 0.15) is 50.0 Å². The molecule has 29 heavy (non-hydrogen) atoms. The minimum absolute atomic E-state index is 0.0513. The van der Waals surface area contributed by atoms with Gasteiger partial charge in [0, 0.05) is 25.6 Å². The predicted molar refractivity (Wildman–Crippen MR) is 99.9 cm³/mol. The number of Topliss-reactive ketones (excluding diaryl/α,β-unsaturated/α-hetero) is 1. The first-order valence-electron chi connectivity index (χ1n) is 10.00. The molecule has 158 valence electrons. The lowest BCUT2D eigenvalue weighted by atomic mass is 9.81. The topological polar surface area (TPSA) is 66.5 Å². The molecule has 1 aliphatic heterocycles. The van der Waals surface area contributed by atoms with E-state index in [1.807, 2.05) is 18.2 Å². The first-order valence-corrected chi connectivity index (χ1v) is 10.00. The molecule has 3 rings (SSSR count). The van der Waals surface area contributed by atoms with Gasteiger partial charge in [-0.15, -0.1) is 0 Å². The van der Waals surface area contributed by atoms with E-state index in [4.69, 9.17) is 0 Å². The van der Waals surface area contributed by atoms with Crippen LogP contribution >= 0.6 is 0 Å². The average molecular weight is 410 g/mol. The van der Waals surface area contributed by atoms with Crippen molar-refractivity contribution in [3.8, 4) is 0 Å². The summed E-state index contributed by atoms with van der Waals surface area (Å²) in [6, 6.07) is 10.1. The average Bonchev–Trinajstić information content (AvgIpc) is 2.97. The van der Waals surface area contributed by atoms with Gasteiger partial charge in [-0.2, -0.15) is 13.2 Å². The lowest BCUT2D eigenvalue weighted by Crippen LogP contribution is -2.43. The first kappa shape index (κ1) is 21.3. The summed E-state index contributed by atoms with van der Waals surface area (Å²) in [4.78, 5) is 37.7. The van der Waals surface area contributed by atoms with Crippen molar-refractivity contribution in [1.82, 2.24) is 10.2 Å². The molecule has 2 amide bonds. The number of amides is 2. The summed E-state index contributed by atoms with van der Waals surface area (Å²) in [6.45, 7) is -0.309. The quantitative estimate of drug-likeness (QED) is 0.579. The number of nitrogens with one attached hydrogen (secondary N) is 1. The molecule has 1 N–H and O–H groups in total. The molecule has 0 bridgehead atoms. The highest BCUT2D eigenvalue weighted by Gasteiger charge is 2.43. The second-order valence-corrected chi connectivity index (χ2v) is 7.85. The third-order valence-corrected chi connectivity index (χ3v) is 5.77. The van der Waals surface area contributed by atoms with Crippen molar-refractivity contribution in [2.75, 3.05) is 13.1 Å². The molecule has 1 aromatic carbocycles. The summed E-state index contributed by atoms with van der Waals surface area (Å²) < 4.78 is 36.8. The Balaban J connectivity index is 1.47. The zero-order valence-corrected chi connectivity index (χ0v) is 16.1. The van der Waals surface area contributed by atoms with Gasteiger partial charge in [0.15, 0.2) is 0 Å². The smallest absolute Gasteiger partial charge is 0.353 e. The van der Waals surface area contributed by atoms with Crippen molar-refractivity contribution in [3.05, 3.63) is 35.9 Å². The summed E-state index contributed by atoms with van der Waals surface area (Å²) >= 11 is 0. The number of hydrogen-bond acceptors (Lipinski definition) is 3. The van der Waals surface area contributed by atoms with E-state index in [1.54, 1.807) is 0 Å². The molecule has 1 atom stereocenters. The van der Waals surface area contributed by atoms with Crippen LogP contribution in [0, 0.1) is 5.92 Å². The molecule has 0 aromatic heterocycles. The third kappa shape index (κ3) is 5.58.